The second kappa shape index (κ2) is 5.17. The standard InChI is InChI=1S/C7H14N2O3S/c1-7(2)9(4-5-10)13(11,12)6-3-8/h7,10H,4-6H2,1-2H3. The van der Waals surface area contributed by atoms with Crippen LogP contribution in [0.25, 0.3) is 0 Å². The predicted molar refractivity (Wildman–Crippen MR) is 48.3 cm³/mol. The molecule has 0 aliphatic rings. The van der Waals surface area contributed by atoms with Gasteiger partial charge < -0.3 is 5.11 Å². The van der Waals surface area contributed by atoms with Gasteiger partial charge in [0.05, 0.1) is 12.7 Å². The molecule has 5 nitrogen and oxygen atoms in total. The van der Waals surface area contributed by atoms with Crippen molar-refractivity contribution in [2.75, 3.05) is 18.9 Å². The lowest BCUT2D eigenvalue weighted by Crippen LogP contribution is -2.40. The number of nitriles is 1. The number of nitrogens with zero attached hydrogens (tertiary/aromatic N) is 2. The van der Waals surface area contributed by atoms with Gasteiger partial charge in [0.15, 0.2) is 5.75 Å². The van der Waals surface area contributed by atoms with Crippen molar-refractivity contribution in [1.29, 1.82) is 5.26 Å². The Morgan fingerprint density at radius 3 is 2.38 bits per heavy atom. The van der Waals surface area contributed by atoms with Crippen LogP contribution in [0, 0.1) is 11.3 Å². The molecule has 0 aromatic rings. The van der Waals surface area contributed by atoms with E-state index in [1.54, 1.807) is 19.9 Å². The lowest BCUT2D eigenvalue weighted by atomic mass is 10.4. The summed E-state index contributed by atoms with van der Waals surface area (Å²) < 4.78 is 23.8. The smallest absolute Gasteiger partial charge is 0.227 e. The molecule has 0 radical (unpaired) electrons. The van der Waals surface area contributed by atoms with Crippen molar-refractivity contribution < 1.29 is 13.5 Å². The SMILES string of the molecule is CC(C)N(CCO)S(=O)(=O)CC#N. The summed E-state index contributed by atoms with van der Waals surface area (Å²) in [4.78, 5) is 0. The van der Waals surface area contributed by atoms with Crippen LogP contribution in [0.4, 0.5) is 0 Å². The van der Waals surface area contributed by atoms with E-state index >= 15 is 0 Å². The minimum Gasteiger partial charge on any atom is -0.395 e. The van der Waals surface area contributed by atoms with E-state index in [2.05, 4.69) is 0 Å². The first kappa shape index (κ1) is 12.4. The first-order valence-corrected chi connectivity index (χ1v) is 5.54. The summed E-state index contributed by atoms with van der Waals surface area (Å²) in [7, 11) is -3.52. The topological polar surface area (TPSA) is 81.4 Å². The lowest BCUT2D eigenvalue weighted by molar-refractivity contribution is 0.237. The highest BCUT2D eigenvalue weighted by Gasteiger charge is 2.23. The molecule has 13 heavy (non-hydrogen) atoms. The van der Waals surface area contributed by atoms with Crippen molar-refractivity contribution in [3.8, 4) is 6.07 Å². The fraction of sp³-hybridized carbons (Fsp3) is 0.857. The van der Waals surface area contributed by atoms with Crippen molar-refractivity contribution in [3.05, 3.63) is 0 Å². The molecule has 0 fully saturated rings. The minimum atomic E-state index is -3.52. The second-order valence-electron chi connectivity index (χ2n) is 2.84. The van der Waals surface area contributed by atoms with Crippen LogP contribution in [-0.2, 0) is 10.0 Å². The van der Waals surface area contributed by atoms with E-state index in [1.807, 2.05) is 0 Å². The molecular weight excluding hydrogens is 192 g/mol. The van der Waals surface area contributed by atoms with Crippen LogP contribution in [0.3, 0.4) is 0 Å². The maximum atomic E-state index is 11.4. The lowest BCUT2D eigenvalue weighted by Gasteiger charge is -2.23. The van der Waals surface area contributed by atoms with E-state index < -0.39 is 15.8 Å². The zero-order valence-corrected chi connectivity index (χ0v) is 8.58. The molecule has 0 spiro atoms. The van der Waals surface area contributed by atoms with Gasteiger partial charge in [0, 0.05) is 12.6 Å². The van der Waals surface area contributed by atoms with Crippen LogP contribution < -0.4 is 0 Å². The molecule has 0 saturated heterocycles. The van der Waals surface area contributed by atoms with Crippen LogP contribution in [0.2, 0.25) is 0 Å². The van der Waals surface area contributed by atoms with Gasteiger partial charge in [-0.25, -0.2) is 8.42 Å². The highest BCUT2D eigenvalue weighted by molar-refractivity contribution is 7.89. The minimum absolute atomic E-state index is 0.0433. The van der Waals surface area contributed by atoms with Gasteiger partial charge in [0.1, 0.15) is 0 Å². The van der Waals surface area contributed by atoms with Crippen molar-refractivity contribution in [1.82, 2.24) is 4.31 Å². The summed E-state index contributed by atoms with van der Waals surface area (Å²) in [5, 5.41) is 16.9. The molecule has 6 heteroatoms. The number of aliphatic hydroxyl groups excluding tert-OH is 1. The summed E-state index contributed by atoms with van der Waals surface area (Å²) >= 11 is 0. The Labute approximate surface area is 78.6 Å². The summed E-state index contributed by atoms with van der Waals surface area (Å²) in [5.74, 6) is -0.537. The molecule has 76 valence electrons. The molecule has 1 N–H and O–H groups in total. The van der Waals surface area contributed by atoms with Gasteiger partial charge in [0.25, 0.3) is 0 Å². The van der Waals surface area contributed by atoms with Crippen LogP contribution >= 0.6 is 0 Å². The molecule has 0 aromatic heterocycles. The molecule has 0 unspecified atom stereocenters. The average Bonchev–Trinajstić information content (AvgIpc) is 1.99. The summed E-state index contributed by atoms with van der Waals surface area (Å²) in [6.45, 7) is 3.21. The van der Waals surface area contributed by atoms with Crippen LogP contribution in [0.15, 0.2) is 0 Å². The summed E-state index contributed by atoms with van der Waals surface area (Å²) in [5.41, 5.74) is 0. The maximum absolute atomic E-state index is 11.4. The fourth-order valence-corrected chi connectivity index (χ4v) is 2.31. The normalized spacial score (nSPS) is 12.0. The van der Waals surface area contributed by atoms with E-state index in [0.717, 1.165) is 4.31 Å². The quantitative estimate of drug-likeness (QED) is 0.660. The van der Waals surface area contributed by atoms with Gasteiger partial charge in [-0.05, 0) is 13.8 Å². The first-order chi connectivity index (χ1) is 5.95. The Hall–Kier alpha value is -0.640. The number of hydrogen-bond acceptors (Lipinski definition) is 4. The van der Waals surface area contributed by atoms with Crippen molar-refractivity contribution in [3.63, 3.8) is 0 Å². The van der Waals surface area contributed by atoms with Crippen LogP contribution in [-0.4, -0.2) is 42.8 Å². The Morgan fingerprint density at radius 1 is 1.54 bits per heavy atom. The number of rotatable bonds is 5. The molecule has 0 heterocycles. The summed E-state index contributed by atoms with van der Waals surface area (Å²) in [6, 6.07) is 1.36. The molecule has 0 amide bonds. The van der Waals surface area contributed by atoms with Crippen molar-refractivity contribution in [2.24, 2.45) is 0 Å². The third kappa shape index (κ3) is 3.72. The molecule has 0 atom stereocenters. The number of aliphatic hydroxyl groups is 1. The Kier molecular flexibility index (Phi) is 4.91. The van der Waals surface area contributed by atoms with Crippen molar-refractivity contribution in [2.45, 2.75) is 19.9 Å². The number of hydrogen-bond donors (Lipinski definition) is 1. The highest BCUT2D eigenvalue weighted by Crippen LogP contribution is 2.06. The van der Waals surface area contributed by atoms with E-state index in [1.165, 1.54) is 0 Å². The monoisotopic (exact) mass is 206 g/mol. The Balaban J connectivity index is 4.65. The van der Waals surface area contributed by atoms with Crippen LogP contribution in [0.1, 0.15) is 13.8 Å². The maximum Gasteiger partial charge on any atom is 0.227 e. The predicted octanol–water partition coefficient (Wildman–Crippen LogP) is -0.458. The van der Waals surface area contributed by atoms with E-state index in [-0.39, 0.29) is 19.2 Å². The fourth-order valence-electron chi connectivity index (χ4n) is 0.982. The first-order valence-electron chi connectivity index (χ1n) is 3.93. The molecule has 0 aromatic carbocycles. The molecule has 0 aliphatic heterocycles. The van der Waals surface area contributed by atoms with Gasteiger partial charge in [-0.15, -0.1) is 0 Å². The largest absolute Gasteiger partial charge is 0.395 e. The second-order valence-corrected chi connectivity index (χ2v) is 4.76. The Morgan fingerprint density at radius 2 is 2.08 bits per heavy atom. The molecule has 0 aliphatic carbocycles. The third-order valence-corrected chi connectivity index (χ3v) is 3.31. The van der Waals surface area contributed by atoms with E-state index in [4.69, 9.17) is 10.4 Å². The average molecular weight is 206 g/mol. The van der Waals surface area contributed by atoms with E-state index in [0.29, 0.717) is 0 Å². The zero-order chi connectivity index (χ0) is 10.5. The van der Waals surface area contributed by atoms with Gasteiger partial charge in [-0.3, -0.25) is 0 Å². The molecule has 0 rings (SSSR count). The molecule has 0 bridgehead atoms. The van der Waals surface area contributed by atoms with Gasteiger partial charge in [-0.2, -0.15) is 9.57 Å². The van der Waals surface area contributed by atoms with E-state index in [9.17, 15) is 8.42 Å². The third-order valence-electron chi connectivity index (χ3n) is 1.50. The van der Waals surface area contributed by atoms with Crippen molar-refractivity contribution >= 4 is 10.0 Å². The highest BCUT2D eigenvalue weighted by atomic mass is 32.2. The van der Waals surface area contributed by atoms with Gasteiger partial charge in [-0.1, -0.05) is 0 Å². The molecular formula is C7H14N2O3S. The summed E-state index contributed by atoms with van der Waals surface area (Å²) in [6.07, 6.45) is 0. The Bertz CT molecular complexity index is 279. The van der Waals surface area contributed by atoms with Crippen LogP contribution in [0.5, 0.6) is 0 Å². The zero-order valence-electron chi connectivity index (χ0n) is 7.77. The van der Waals surface area contributed by atoms with Gasteiger partial charge in [0.2, 0.25) is 10.0 Å². The van der Waals surface area contributed by atoms with Gasteiger partial charge >= 0.3 is 0 Å². The number of sulfonamides is 1. The molecule has 0 saturated carbocycles.